The van der Waals surface area contributed by atoms with Gasteiger partial charge in [-0.25, -0.2) is 4.98 Å². The zero-order valence-electron chi connectivity index (χ0n) is 12.4. The Balaban J connectivity index is 1.47. The zero-order valence-corrected chi connectivity index (χ0v) is 13.3. The average molecular weight is 332 g/mol. The number of hydrogen-bond donors (Lipinski definition) is 1. The van der Waals surface area contributed by atoms with Gasteiger partial charge in [-0.3, -0.25) is 14.0 Å². The molecule has 0 radical (unpaired) electrons. The van der Waals surface area contributed by atoms with Crippen LogP contribution in [0.2, 0.25) is 0 Å². The second kappa shape index (κ2) is 6.38. The summed E-state index contributed by atoms with van der Waals surface area (Å²) >= 11 is 1.48. The van der Waals surface area contributed by atoms with E-state index in [1.54, 1.807) is 6.20 Å². The molecular formula is C15H16N4O3S. The maximum absolute atomic E-state index is 11.9. The lowest BCUT2D eigenvalue weighted by atomic mass is 10.00. The van der Waals surface area contributed by atoms with Crippen LogP contribution in [0.15, 0.2) is 17.8 Å². The SMILES string of the molecule is N#CC1(NC(=O)COC(=O)Cc2cn3ccsc3n2)CCCC1. The summed E-state index contributed by atoms with van der Waals surface area (Å²) in [7, 11) is 0. The molecule has 3 rings (SSSR count). The Morgan fingerprint density at radius 1 is 1.48 bits per heavy atom. The fourth-order valence-electron chi connectivity index (χ4n) is 2.75. The summed E-state index contributed by atoms with van der Waals surface area (Å²) in [6.07, 6.45) is 6.78. The summed E-state index contributed by atoms with van der Waals surface area (Å²) < 4.78 is 6.80. The third kappa shape index (κ3) is 3.51. The van der Waals surface area contributed by atoms with E-state index in [0.29, 0.717) is 18.5 Å². The highest BCUT2D eigenvalue weighted by Crippen LogP contribution is 2.28. The van der Waals surface area contributed by atoms with Gasteiger partial charge in [-0.15, -0.1) is 11.3 Å². The molecule has 0 bridgehead atoms. The monoisotopic (exact) mass is 332 g/mol. The van der Waals surface area contributed by atoms with E-state index < -0.39 is 17.4 Å². The van der Waals surface area contributed by atoms with Crippen molar-refractivity contribution in [3.63, 3.8) is 0 Å². The normalized spacial score (nSPS) is 16.1. The zero-order chi connectivity index (χ0) is 16.3. The lowest BCUT2D eigenvalue weighted by Crippen LogP contribution is -2.46. The summed E-state index contributed by atoms with van der Waals surface area (Å²) in [6, 6.07) is 2.16. The van der Waals surface area contributed by atoms with Crippen LogP contribution in [0.1, 0.15) is 31.4 Å². The van der Waals surface area contributed by atoms with Crippen molar-refractivity contribution in [2.24, 2.45) is 0 Å². The number of aromatic nitrogens is 2. The van der Waals surface area contributed by atoms with Crippen molar-refractivity contribution in [3.8, 4) is 6.07 Å². The van der Waals surface area contributed by atoms with Crippen LogP contribution in [0.4, 0.5) is 0 Å². The number of nitrogens with zero attached hydrogens (tertiary/aromatic N) is 3. The molecule has 0 spiro atoms. The Morgan fingerprint density at radius 3 is 2.96 bits per heavy atom. The van der Waals surface area contributed by atoms with Crippen LogP contribution in [0.3, 0.4) is 0 Å². The predicted octanol–water partition coefficient (Wildman–Crippen LogP) is 1.43. The standard InChI is InChI=1S/C15H16N4O3S/c16-10-15(3-1-2-4-15)18-12(20)9-22-13(21)7-11-8-19-5-6-23-14(19)17-11/h5-6,8H,1-4,7,9H2,(H,18,20). The van der Waals surface area contributed by atoms with Gasteiger partial charge < -0.3 is 10.1 Å². The van der Waals surface area contributed by atoms with E-state index in [2.05, 4.69) is 16.4 Å². The molecule has 1 aliphatic rings. The molecule has 23 heavy (non-hydrogen) atoms. The topological polar surface area (TPSA) is 96.5 Å². The summed E-state index contributed by atoms with van der Waals surface area (Å²) in [5.41, 5.74) is -0.191. The molecule has 0 saturated heterocycles. The molecule has 1 saturated carbocycles. The van der Waals surface area contributed by atoms with Gasteiger partial charge in [0.05, 0.1) is 18.2 Å². The lowest BCUT2D eigenvalue weighted by Gasteiger charge is -2.21. The molecule has 2 aromatic rings. The number of imidazole rings is 1. The van der Waals surface area contributed by atoms with E-state index in [-0.39, 0.29) is 13.0 Å². The molecule has 2 heterocycles. The number of hydrogen-bond acceptors (Lipinski definition) is 6. The Kier molecular flexibility index (Phi) is 4.30. The van der Waals surface area contributed by atoms with Gasteiger partial charge in [0.15, 0.2) is 11.6 Å². The van der Waals surface area contributed by atoms with Crippen molar-refractivity contribution in [3.05, 3.63) is 23.5 Å². The van der Waals surface area contributed by atoms with Crippen LogP contribution in [0, 0.1) is 11.3 Å². The molecule has 7 nitrogen and oxygen atoms in total. The Morgan fingerprint density at radius 2 is 2.26 bits per heavy atom. The van der Waals surface area contributed by atoms with Gasteiger partial charge >= 0.3 is 5.97 Å². The number of carbonyl (C=O) groups is 2. The van der Waals surface area contributed by atoms with Crippen LogP contribution < -0.4 is 5.32 Å². The number of nitrogens with one attached hydrogen (secondary N) is 1. The van der Waals surface area contributed by atoms with E-state index in [4.69, 9.17) is 4.74 Å². The molecule has 120 valence electrons. The van der Waals surface area contributed by atoms with Gasteiger partial charge in [0.25, 0.3) is 5.91 Å². The Labute approximate surface area is 136 Å². The molecule has 1 N–H and O–H groups in total. The van der Waals surface area contributed by atoms with Gasteiger partial charge in [0.2, 0.25) is 0 Å². The third-order valence-electron chi connectivity index (χ3n) is 3.88. The molecule has 0 unspecified atom stereocenters. The number of nitriles is 1. The minimum absolute atomic E-state index is 0.0189. The van der Waals surface area contributed by atoms with Gasteiger partial charge in [-0.2, -0.15) is 5.26 Å². The fourth-order valence-corrected chi connectivity index (χ4v) is 3.47. The number of ether oxygens (including phenoxy) is 1. The highest BCUT2D eigenvalue weighted by Gasteiger charge is 2.35. The number of amides is 1. The Bertz CT molecular complexity index is 739. The molecule has 2 aromatic heterocycles. The van der Waals surface area contributed by atoms with Crippen LogP contribution in [-0.2, 0) is 20.7 Å². The molecular weight excluding hydrogens is 316 g/mol. The lowest BCUT2D eigenvalue weighted by molar-refractivity contribution is -0.148. The maximum Gasteiger partial charge on any atom is 0.312 e. The number of carbonyl (C=O) groups excluding carboxylic acids is 2. The van der Waals surface area contributed by atoms with Crippen molar-refractivity contribution in [1.82, 2.24) is 14.7 Å². The van der Waals surface area contributed by atoms with E-state index in [1.165, 1.54) is 11.3 Å². The summed E-state index contributed by atoms with van der Waals surface area (Å²) in [4.78, 5) is 28.7. The second-order valence-corrected chi connectivity index (χ2v) is 6.48. The van der Waals surface area contributed by atoms with Gasteiger partial charge in [0, 0.05) is 17.8 Å². The number of rotatable bonds is 5. The predicted molar refractivity (Wildman–Crippen MR) is 82.7 cm³/mol. The minimum atomic E-state index is -0.794. The van der Waals surface area contributed by atoms with Crippen LogP contribution in [0.25, 0.3) is 4.96 Å². The van der Waals surface area contributed by atoms with Crippen LogP contribution in [0.5, 0.6) is 0 Å². The molecule has 1 fully saturated rings. The van der Waals surface area contributed by atoms with Crippen molar-refractivity contribution in [2.75, 3.05) is 6.61 Å². The van der Waals surface area contributed by atoms with E-state index in [1.807, 2.05) is 16.0 Å². The molecule has 1 aliphatic carbocycles. The van der Waals surface area contributed by atoms with Crippen molar-refractivity contribution < 1.29 is 14.3 Å². The van der Waals surface area contributed by atoms with E-state index in [0.717, 1.165) is 17.8 Å². The minimum Gasteiger partial charge on any atom is -0.455 e. The van der Waals surface area contributed by atoms with E-state index in [9.17, 15) is 14.9 Å². The molecule has 0 aromatic carbocycles. The third-order valence-corrected chi connectivity index (χ3v) is 4.65. The van der Waals surface area contributed by atoms with Crippen molar-refractivity contribution in [1.29, 1.82) is 5.26 Å². The average Bonchev–Trinajstić information content (AvgIpc) is 3.21. The van der Waals surface area contributed by atoms with Crippen LogP contribution in [-0.4, -0.2) is 33.4 Å². The Hall–Kier alpha value is -2.40. The number of fused-ring (bicyclic) bond motifs is 1. The van der Waals surface area contributed by atoms with E-state index >= 15 is 0 Å². The first-order valence-electron chi connectivity index (χ1n) is 7.39. The van der Waals surface area contributed by atoms with Gasteiger partial charge in [0.1, 0.15) is 5.54 Å². The maximum atomic E-state index is 11.9. The fraction of sp³-hybridized carbons (Fsp3) is 0.467. The quantitative estimate of drug-likeness (QED) is 0.836. The van der Waals surface area contributed by atoms with Crippen molar-refractivity contribution >= 4 is 28.2 Å². The highest BCUT2D eigenvalue weighted by molar-refractivity contribution is 7.15. The van der Waals surface area contributed by atoms with Crippen molar-refractivity contribution in [2.45, 2.75) is 37.6 Å². The van der Waals surface area contributed by atoms with Gasteiger partial charge in [-0.1, -0.05) is 0 Å². The second-order valence-electron chi connectivity index (χ2n) is 5.61. The molecule has 8 heteroatoms. The summed E-state index contributed by atoms with van der Waals surface area (Å²) in [5.74, 6) is -0.948. The first-order valence-corrected chi connectivity index (χ1v) is 8.27. The first kappa shape index (κ1) is 15.5. The molecule has 0 atom stereocenters. The smallest absolute Gasteiger partial charge is 0.312 e. The van der Waals surface area contributed by atoms with Crippen LogP contribution >= 0.6 is 11.3 Å². The summed E-state index contributed by atoms with van der Waals surface area (Å²) in [5, 5.41) is 13.8. The largest absolute Gasteiger partial charge is 0.455 e. The summed E-state index contributed by atoms with van der Waals surface area (Å²) in [6.45, 7) is -0.371. The van der Waals surface area contributed by atoms with Gasteiger partial charge in [-0.05, 0) is 25.7 Å². The highest BCUT2D eigenvalue weighted by atomic mass is 32.1. The molecule has 1 amide bonds. The number of thiazole rings is 1. The molecule has 0 aliphatic heterocycles. The first-order chi connectivity index (χ1) is 11.1. The number of esters is 1.